The molecule has 0 aliphatic carbocycles. The van der Waals surface area contributed by atoms with Crippen molar-refractivity contribution in [2.24, 2.45) is 0 Å². The summed E-state index contributed by atoms with van der Waals surface area (Å²) in [4.78, 5) is 13.3. The molecular weight excluding hydrogens is 284 g/mol. The largest absolute Gasteiger partial charge is 0.342 e. The van der Waals surface area contributed by atoms with Crippen LogP contribution < -0.4 is 4.72 Å². The number of sulfonamides is 1. The van der Waals surface area contributed by atoms with Crippen LogP contribution in [-0.2, 0) is 14.8 Å². The van der Waals surface area contributed by atoms with Gasteiger partial charge in [-0.3, -0.25) is 4.79 Å². The zero-order valence-corrected chi connectivity index (χ0v) is 11.6. The van der Waals surface area contributed by atoms with Crippen molar-refractivity contribution < 1.29 is 13.2 Å². The van der Waals surface area contributed by atoms with E-state index in [0.717, 1.165) is 0 Å². The summed E-state index contributed by atoms with van der Waals surface area (Å²) in [5.74, 6) is -0.204. The molecule has 0 aliphatic heterocycles. The van der Waals surface area contributed by atoms with Gasteiger partial charge in [0, 0.05) is 13.1 Å². The molecule has 0 aromatic carbocycles. The van der Waals surface area contributed by atoms with E-state index in [1.165, 1.54) is 0 Å². The third kappa shape index (κ3) is 4.94. The summed E-state index contributed by atoms with van der Waals surface area (Å²) in [6.45, 7) is 6.41. The van der Waals surface area contributed by atoms with Crippen LogP contribution in [0, 0.1) is 0 Å². The molecule has 0 saturated carbocycles. The SMILES string of the molecule is CCN(CC)C(=O)C(C)NS(=O)(=O)CBr. The third-order valence-electron chi connectivity index (χ3n) is 1.95. The topological polar surface area (TPSA) is 66.5 Å². The highest BCUT2D eigenvalue weighted by molar-refractivity contribution is 9.10. The number of carbonyl (C=O) groups is 1. The lowest BCUT2D eigenvalue weighted by atomic mass is 10.3. The van der Waals surface area contributed by atoms with Crippen molar-refractivity contribution in [3.05, 3.63) is 0 Å². The molecule has 1 amide bonds. The van der Waals surface area contributed by atoms with E-state index in [0.29, 0.717) is 13.1 Å². The van der Waals surface area contributed by atoms with Crippen LogP contribution in [0.25, 0.3) is 0 Å². The van der Waals surface area contributed by atoms with Gasteiger partial charge < -0.3 is 4.90 Å². The second-order valence-electron chi connectivity index (χ2n) is 3.07. The molecule has 7 heteroatoms. The number of rotatable bonds is 6. The Labute approximate surface area is 99.4 Å². The number of carbonyl (C=O) groups excluding carboxylic acids is 1. The predicted octanol–water partition coefficient (Wildman–Crippen LogP) is 0.515. The summed E-state index contributed by atoms with van der Waals surface area (Å²) in [5, 5.41) is 0. The lowest BCUT2D eigenvalue weighted by Crippen LogP contribution is -2.46. The number of hydrogen-bond donors (Lipinski definition) is 1. The van der Waals surface area contributed by atoms with Crippen molar-refractivity contribution in [2.45, 2.75) is 26.8 Å². The molecule has 0 bridgehead atoms. The summed E-state index contributed by atoms with van der Waals surface area (Å²) in [7, 11) is -3.39. The van der Waals surface area contributed by atoms with Crippen molar-refractivity contribution in [3.8, 4) is 0 Å². The highest BCUT2D eigenvalue weighted by Gasteiger charge is 2.22. The summed E-state index contributed by atoms with van der Waals surface area (Å²) < 4.78 is 24.5. The zero-order chi connectivity index (χ0) is 12.1. The van der Waals surface area contributed by atoms with Gasteiger partial charge in [0.1, 0.15) is 4.66 Å². The van der Waals surface area contributed by atoms with Crippen LogP contribution in [0.1, 0.15) is 20.8 Å². The van der Waals surface area contributed by atoms with Crippen LogP contribution >= 0.6 is 15.9 Å². The Hall–Kier alpha value is -0.140. The van der Waals surface area contributed by atoms with Crippen molar-refractivity contribution in [2.75, 3.05) is 17.8 Å². The Morgan fingerprint density at radius 2 is 1.87 bits per heavy atom. The number of likely N-dealkylation sites (N-methyl/N-ethyl adjacent to an activating group) is 1. The first-order valence-corrected chi connectivity index (χ1v) is 7.50. The molecule has 15 heavy (non-hydrogen) atoms. The van der Waals surface area contributed by atoms with E-state index in [-0.39, 0.29) is 10.6 Å². The van der Waals surface area contributed by atoms with Crippen molar-refractivity contribution in [1.29, 1.82) is 0 Å². The summed E-state index contributed by atoms with van der Waals surface area (Å²) in [5.41, 5.74) is 0. The van der Waals surface area contributed by atoms with Gasteiger partial charge in [-0.2, -0.15) is 0 Å². The second-order valence-corrected chi connectivity index (χ2v) is 6.13. The van der Waals surface area contributed by atoms with Gasteiger partial charge in [0.05, 0.1) is 6.04 Å². The lowest BCUT2D eigenvalue weighted by molar-refractivity contribution is -0.132. The second kappa shape index (κ2) is 6.44. The summed E-state index contributed by atoms with van der Waals surface area (Å²) in [6.07, 6.45) is 0. The Kier molecular flexibility index (Phi) is 6.38. The maximum atomic E-state index is 11.7. The average molecular weight is 301 g/mol. The van der Waals surface area contributed by atoms with Crippen LogP contribution in [0.5, 0.6) is 0 Å². The summed E-state index contributed by atoms with van der Waals surface area (Å²) >= 11 is 2.84. The van der Waals surface area contributed by atoms with Gasteiger partial charge in [-0.25, -0.2) is 13.1 Å². The monoisotopic (exact) mass is 300 g/mol. The van der Waals surface area contributed by atoms with Gasteiger partial charge in [0.2, 0.25) is 15.9 Å². The molecule has 5 nitrogen and oxygen atoms in total. The first-order valence-electron chi connectivity index (χ1n) is 4.72. The van der Waals surface area contributed by atoms with Gasteiger partial charge in [-0.15, -0.1) is 0 Å². The van der Waals surface area contributed by atoms with E-state index in [2.05, 4.69) is 20.7 Å². The van der Waals surface area contributed by atoms with E-state index in [1.54, 1.807) is 11.8 Å². The minimum absolute atomic E-state index is 0.199. The first kappa shape index (κ1) is 14.9. The van der Waals surface area contributed by atoms with Crippen LogP contribution in [0.3, 0.4) is 0 Å². The Morgan fingerprint density at radius 1 is 1.40 bits per heavy atom. The minimum atomic E-state index is -3.39. The minimum Gasteiger partial charge on any atom is -0.342 e. The number of hydrogen-bond acceptors (Lipinski definition) is 3. The molecule has 1 atom stereocenters. The van der Waals surface area contributed by atoms with E-state index in [9.17, 15) is 13.2 Å². The highest BCUT2D eigenvalue weighted by Crippen LogP contribution is 1.99. The van der Waals surface area contributed by atoms with E-state index in [4.69, 9.17) is 0 Å². The molecule has 0 aromatic rings. The van der Waals surface area contributed by atoms with E-state index >= 15 is 0 Å². The molecule has 0 heterocycles. The number of nitrogens with one attached hydrogen (secondary N) is 1. The third-order valence-corrected chi connectivity index (χ3v) is 4.75. The first-order chi connectivity index (χ1) is 6.87. The highest BCUT2D eigenvalue weighted by atomic mass is 79.9. The number of halogens is 1. The Bertz CT molecular complexity index is 301. The average Bonchev–Trinajstić information content (AvgIpc) is 2.19. The molecule has 0 rings (SSSR count). The van der Waals surface area contributed by atoms with Crippen LogP contribution in [0.15, 0.2) is 0 Å². The van der Waals surface area contributed by atoms with Crippen molar-refractivity contribution >= 4 is 31.9 Å². The molecule has 1 unspecified atom stereocenters. The molecule has 0 radical (unpaired) electrons. The number of alkyl halides is 1. The number of amides is 1. The van der Waals surface area contributed by atoms with Crippen LogP contribution in [0.4, 0.5) is 0 Å². The zero-order valence-electron chi connectivity index (χ0n) is 9.16. The fourth-order valence-electron chi connectivity index (χ4n) is 1.16. The molecule has 1 N–H and O–H groups in total. The molecular formula is C8H17BrN2O3S. The van der Waals surface area contributed by atoms with Crippen LogP contribution in [0.2, 0.25) is 0 Å². The normalized spacial score (nSPS) is 13.6. The molecule has 0 aliphatic rings. The van der Waals surface area contributed by atoms with Gasteiger partial charge in [-0.05, 0) is 20.8 Å². The predicted molar refractivity (Wildman–Crippen MR) is 63.2 cm³/mol. The fourth-order valence-corrected chi connectivity index (χ4v) is 2.26. The molecule has 0 spiro atoms. The smallest absolute Gasteiger partial charge is 0.240 e. The molecule has 0 fully saturated rings. The van der Waals surface area contributed by atoms with Crippen molar-refractivity contribution in [3.63, 3.8) is 0 Å². The van der Waals surface area contributed by atoms with Gasteiger partial charge >= 0.3 is 0 Å². The van der Waals surface area contributed by atoms with Gasteiger partial charge in [-0.1, -0.05) is 15.9 Å². The standard InChI is InChI=1S/C8H17BrN2O3S/c1-4-11(5-2)8(12)7(3)10-15(13,14)6-9/h7,10H,4-6H2,1-3H3. The van der Waals surface area contributed by atoms with Crippen molar-refractivity contribution in [1.82, 2.24) is 9.62 Å². The molecule has 90 valence electrons. The quantitative estimate of drug-likeness (QED) is 0.727. The van der Waals surface area contributed by atoms with Gasteiger partial charge in [0.15, 0.2) is 0 Å². The van der Waals surface area contributed by atoms with E-state index < -0.39 is 16.1 Å². The summed E-state index contributed by atoms with van der Waals surface area (Å²) in [6, 6.07) is -0.715. The Balaban J connectivity index is 4.46. The molecule has 0 saturated heterocycles. The van der Waals surface area contributed by atoms with Crippen LogP contribution in [-0.4, -0.2) is 43.0 Å². The fraction of sp³-hybridized carbons (Fsp3) is 0.875. The Morgan fingerprint density at radius 3 is 2.20 bits per heavy atom. The van der Waals surface area contributed by atoms with Gasteiger partial charge in [0.25, 0.3) is 0 Å². The maximum Gasteiger partial charge on any atom is 0.240 e. The lowest BCUT2D eigenvalue weighted by Gasteiger charge is -2.23. The van der Waals surface area contributed by atoms with E-state index in [1.807, 2.05) is 13.8 Å². The number of nitrogens with zero attached hydrogens (tertiary/aromatic N) is 1. The maximum absolute atomic E-state index is 11.7. The molecule has 0 aromatic heterocycles.